The molecule has 0 aromatic heterocycles. The third-order valence-electron chi connectivity index (χ3n) is 6.17. The van der Waals surface area contributed by atoms with Crippen LogP contribution in [0.2, 0.25) is 0 Å². The van der Waals surface area contributed by atoms with Gasteiger partial charge in [0.25, 0.3) is 0 Å². The lowest BCUT2D eigenvalue weighted by Crippen LogP contribution is -2.47. The molecule has 3 rings (SSSR count). The molecular formula is C24H39IN4O2. The fourth-order valence-corrected chi connectivity index (χ4v) is 4.09. The summed E-state index contributed by atoms with van der Waals surface area (Å²) >= 11 is 0. The highest BCUT2D eigenvalue weighted by Crippen LogP contribution is 2.27. The van der Waals surface area contributed by atoms with Crippen LogP contribution in [0.15, 0.2) is 29.3 Å². The summed E-state index contributed by atoms with van der Waals surface area (Å²) in [6, 6.07) is 9.04. The fraction of sp³-hybridized carbons (Fsp3) is 0.667. The van der Waals surface area contributed by atoms with E-state index in [9.17, 15) is 4.79 Å². The molecule has 2 saturated carbocycles. The highest BCUT2D eigenvalue weighted by atomic mass is 127. The number of hydrogen-bond acceptors (Lipinski definition) is 3. The molecule has 2 aliphatic carbocycles. The minimum atomic E-state index is 0. The van der Waals surface area contributed by atoms with Crippen LogP contribution in [0.5, 0.6) is 5.75 Å². The van der Waals surface area contributed by atoms with Crippen LogP contribution in [0.25, 0.3) is 0 Å². The van der Waals surface area contributed by atoms with Crippen molar-refractivity contribution in [3.8, 4) is 5.75 Å². The molecule has 31 heavy (non-hydrogen) atoms. The summed E-state index contributed by atoms with van der Waals surface area (Å²) in [7, 11) is 1.69. The zero-order valence-electron chi connectivity index (χ0n) is 19.2. The Morgan fingerprint density at radius 1 is 1.13 bits per heavy atom. The van der Waals surface area contributed by atoms with Crippen LogP contribution in [-0.2, 0) is 4.79 Å². The molecule has 3 atom stereocenters. The van der Waals surface area contributed by atoms with Gasteiger partial charge in [-0.05, 0) is 69.1 Å². The van der Waals surface area contributed by atoms with Gasteiger partial charge in [0.1, 0.15) is 5.75 Å². The van der Waals surface area contributed by atoms with Crippen molar-refractivity contribution in [3.05, 3.63) is 29.8 Å². The smallest absolute Gasteiger partial charge is 0.223 e. The van der Waals surface area contributed by atoms with E-state index in [0.717, 1.165) is 69.7 Å². The number of rotatable bonds is 9. The molecule has 0 saturated heterocycles. The minimum Gasteiger partial charge on any atom is -0.497 e. The van der Waals surface area contributed by atoms with Crippen molar-refractivity contribution in [3.63, 3.8) is 0 Å². The first-order chi connectivity index (χ1) is 14.6. The largest absolute Gasteiger partial charge is 0.497 e. The average Bonchev–Trinajstić information content (AvgIpc) is 3.58. The number of carbonyl (C=O) groups is 1. The number of hydrogen-bond donors (Lipinski definition) is 3. The molecule has 1 aromatic rings. The maximum atomic E-state index is 12.4. The number of nitrogens with zero attached hydrogens (tertiary/aromatic N) is 1. The fourth-order valence-electron chi connectivity index (χ4n) is 4.09. The number of methoxy groups -OCH3 is 1. The van der Waals surface area contributed by atoms with Gasteiger partial charge >= 0.3 is 0 Å². The molecule has 3 N–H and O–H groups in total. The molecule has 174 valence electrons. The monoisotopic (exact) mass is 542 g/mol. The Bertz CT molecular complexity index is 706. The van der Waals surface area contributed by atoms with Crippen molar-refractivity contribution in [2.45, 2.75) is 76.8 Å². The highest BCUT2D eigenvalue weighted by molar-refractivity contribution is 14.0. The van der Waals surface area contributed by atoms with Crippen molar-refractivity contribution in [2.24, 2.45) is 10.9 Å². The molecule has 2 fully saturated rings. The Kier molecular flexibility index (Phi) is 10.9. The topological polar surface area (TPSA) is 74.8 Å². The summed E-state index contributed by atoms with van der Waals surface area (Å²) in [6.45, 7) is 5.92. The van der Waals surface area contributed by atoms with E-state index in [1.54, 1.807) is 7.11 Å². The van der Waals surface area contributed by atoms with Crippen LogP contribution in [0.1, 0.15) is 70.3 Å². The average molecular weight is 543 g/mol. The Morgan fingerprint density at radius 2 is 1.87 bits per heavy atom. The lowest BCUT2D eigenvalue weighted by Gasteiger charge is -2.30. The van der Waals surface area contributed by atoms with E-state index in [-0.39, 0.29) is 35.8 Å². The minimum absolute atomic E-state index is 0. The third-order valence-corrected chi connectivity index (χ3v) is 6.17. The molecule has 0 radical (unpaired) electrons. The maximum absolute atomic E-state index is 12.4. The number of benzene rings is 1. The van der Waals surface area contributed by atoms with Crippen LogP contribution >= 0.6 is 24.0 Å². The van der Waals surface area contributed by atoms with Crippen LogP contribution in [0.4, 0.5) is 0 Å². The van der Waals surface area contributed by atoms with E-state index in [2.05, 4.69) is 41.9 Å². The molecule has 6 nitrogen and oxygen atoms in total. The normalized spacial score (nSPS) is 22.1. The predicted octanol–water partition coefficient (Wildman–Crippen LogP) is 4.20. The van der Waals surface area contributed by atoms with E-state index in [4.69, 9.17) is 9.73 Å². The van der Waals surface area contributed by atoms with Gasteiger partial charge in [0.15, 0.2) is 5.96 Å². The summed E-state index contributed by atoms with van der Waals surface area (Å²) in [5.41, 5.74) is 1.31. The molecular weight excluding hydrogens is 503 g/mol. The summed E-state index contributed by atoms with van der Waals surface area (Å²) < 4.78 is 5.24. The first-order valence-electron chi connectivity index (χ1n) is 11.6. The molecule has 3 unspecified atom stereocenters. The molecule has 1 aromatic carbocycles. The first kappa shape index (κ1) is 25.7. The van der Waals surface area contributed by atoms with Gasteiger partial charge in [-0.2, -0.15) is 0 Å². The van der Waals surface area contributed by atoms with Gasteiger partial charge in [0.2, 0.25) is 5.91 Å². The number of halogens is 1. The number of guanidine groups is 1. The summed E-state index contributed by atoms with van der Waals surface area (Å²) in [6.07, 6.45) is 7.36. The van der Waals surface area contributed by atoms with Crippen molar-refractivity contribution >= 4 is 35.8 Å². The maximum Gasteiger partial charge on any atom is 0.223 e. The van der Waals surface area contributed by atoms with Crippen LogP contribution in [0, 0.1) is 5.92 Å². The van der Waals surface area contributed by atoms with Crippen LogP contribution in [0.3, 0.4) is 0 Å². The summed E-state index contributed by atoms with van der Waals surface area (Å²) in [5, 5.41) is 10.1. The number of aliphatic imine (C=N–C) groups is 1. The Balaban J connectivity index is 0.00000341. The quantitative estimate of drug-likeness (QED) is 0.249. The molecule has 1 amide bonds. The second-order valence-corrected chi connectivity index (χ2v) is 8.71. The molecule has 7 heteroatoms. The third kappa shape index (κ3) is 8.50. The summed E-state index contributed by atoms with van der Waals surface area (Å²) in [4.78, 5) is 17.2. The van der Waals surface area contributed by atoms with Gasteiger partial charge in [-0.3, -0.25) is 9.79 Å². The zero-order valence-corrected chi connectivity index (χ0v) is 21.5. The van der Waals surface area contributed by atoms with Gasteiger partial charge in [-0.1, -0.05) is 25.5 Å². The van der Waals surface area contributed by atoms with Crippen molar-refractivity contribution in [1.82, 2.24) is 16.0 Å². The lowest BCUT2D eigenvalue weighted by atomic mass is 9.85. The number of carbonyl (C=O) groups excluding carboxylic acids is 1. The Hall–Kier alpha value is -1.51. The highest BCUT2D eigenvalue weighted by Gasteiger charge is 2.31. The van der Waals surface area contributed by atoms with Crippen LogP contribution in [-0.4, -0.2) is 44.1 Å². The molecule has 2 aliphatic rings. The SMILES string of the molecule is CCNC(=NCCC(C)c1ccc(OC)cc1)NC1CCCC(C(=O)NC2CC2)C1.I. The zero-order chi connectivity index (χ0) is 21.3. The van der Waals surface area contributed by atoms with Gasteiger partial charge in [0, 0.05) is 31.1 Å². The van der Waals surface area contributed by atoms with E-state index in [0.29, 0.717) is 18.0 Å². The molecule has 0 heterocycles. The van der Waals surface area contributed by atoms with E-state index < -0.39 is 0 Å². The standard InChI is InChI=1S/C24H38N4O2.HI/c1-4-25-24(26-15-14-17(2)18-8-12-22(30-3)13-9-18)28-21-7-5-6-19(16-21)23(29)27-20-10-11-20;/h8-9,12-13,17,19-21H,4-7,10-11,14-16H2,1-3H3,(H,27,29)(H2,25,26,28);1H. The van der Waals surface area contributed by atoms with Gasteiger partial charge in [0.05, 0.1) is 7.11 Å². The summed E-state index contributed by atoms with van der Waals surface area (Å²) in [5.74, 6) is 2.58. The van der Waals surface area contributed by atoms with Crippen molar-refractivity contribution < 1.29 is 9.53 Å². The predicted molar refractivity (Wildman–Crippen MR) is 137 cm³/mol. The second kappa shape index (κ2) is 13.1. The van der Waals surface area contributed by atoms with Gasteiger partial charge in [-0.25, -0.2) is 0 Å². The first-order valence-corrected chi connectivity index (χ1v) is 11.6. The number of nitrogens with one attached hydrogen (secondary N) is 3. The van der Waals surface area contributed by atoms with Crippen molar-refractivity contribution in [1.29, 1.82) is 0 Å². The molecule has 0 spiro atoms. The lowest BCUT2D eigenvalue weighted by molar-refractivity contribution is -0.126. The number of amides is 1. The number of ether oxygens (including phenoxy) is 1. The van der Waals surface area contributed by atoms with Gasteiger partial charge in [-0.15, -0.1) is 24.0 Å². The van der Waals surface area contributed by atoms with E-state index >= 15 is 0 Å². The van der Waals surface area contributed by atoms with Crippen LogP contribution < -0.4 is 20.7 Å². The molecule has 0 bridgehead atoms. The molecule has 0 aliphatic heterocycles. The van der Waals surface area contributed by atoms with Crippen molar-refractivity contribution in [2.75, 3.05) is 20.2 Å². The van der Waals surface area contributed by atoms with Gasteiger partial charge < -0.3 is 20.7 Å². The van der Waals surface area contributed by atoms with E-state index in [1.807, 2.05) is 12.1 Å². The second-order valence-electron chi connectivity index (χ2n) is 8.71. The Labute approximate surface area is 204 Å². The van der Waals surface area contributed by atoms with E-state index in [1.165, 1.54) is 5.56 Å². The Morgan fingerprint density at radius 3 is 2.52 bits per heavy atom.